The summed E-state index contributed by atoms with van der Waals surface area (Å²) in [5.74, 6) is -0.509. The van der Waals surface area contributed by atoms with Gasteiger partial charge in [-0.1, -0.05) is 22.8 Å². The predicted octanol–water partition coefficient (Wildman–Crippen LogP) is 1.95. The van der Waals surface area contributed by atoms with E-state index < -0.39 is 11.8 Å². The van der Waals surface area contributed by atoms with Crippen molar-refractivity contribution in [2.75, 3.05) is 41.7 Å². The van der Waals surface area contributed by atoms with E-state index in [2.05, 4.69) is 30.7 Å². The summed E-state index contributed by atoms with van der Waals surface area (Å²) in [5, 5.41) is 12.5. The fourth-order valence-corrected chi connectivity index (χ4v) is 3.32. The number of carbonyl (C=O) groups excluding carboxylic acids is 3. The molecule has 0 bridgehead atoms. The standard InChI is InChI=1S/C22H23N7O4/c1-14-3-5-16(6-4-14)19(31)25-22-27-26-21(33-22)20(32)24-17-7-8-18(23-13-17)29-11-9-28(10-12-29)15(2)30/h3-8,13H,9-12H2,1-2H3,(H,24,32)(H,25,27,31). The third-order valence-corrected chi connectivity index (χ3v) is 5.21. The Morgan fingerprint density at radius 1 is 0.909 bits per heavy atom. The van der Waals surface area contributed by atoms with Crippen LogP contribution in [0.2, 0.25) is 0 Å². The van der Waals surface area contributed by atoms with Crippen molar-refractivity contribution in [2.45, 2.75) is 13.8 Å². The first-order valence-electron chi connectivity index (χ1n) is 10.4. The first-order chi connectivity index (χ1) is 15.9. The molecular formula is C22H23N7O4. The summed E-state index contributed by atoms with van der Waals surface area (Å²) in [6, 6.07) is 10.3. The summed E-state index contributed by atoms with van der Waals surface area (Å²) in [6.45, 7) is 6.17. The quantitative estimate of drug-likeness (QED) is 0.604. The Labute approximate surface area is 189 Å². The van der Waals surface area contributed by atoms with Gasteiger partial charge in [0.15, 0.2) is 0 Å². The normalized spacial score (nSPS) is 13.5. The molecule has 1 aliphatic rings. The van der Waals surface area contributed by atoms with Crippen LogP contribution >= 0.6 is 0 Å². The van der Waals surface area contributed by atoms with Crippen LogP contribution in [0.3, 0.4) is 0 Å². The molecule has 0 unspecified atom stereocenters. The molecule has 1 aromatic carbocycles. The van der Waals surface area contributed by atoms with Crippen molar-refractivity contribution < 1.29 is 18.8 Å². The minimum Gasteiger partial charge on any atom is -0.399 e. The summed E-state index contributed by atoms with van der Waals surface area (Å²) in [7, 11) is 0. The Kier molecular flexibility index (Phi) is 6.29. The molecule has 11 heteroatoms. The fourth-order valence-electron chi connectivity index (χ4n) is 3.32. The maximum atomic E-state index is 12.4. The molecule has 1 aliphatic heterocycles. The van der Waals surface area contributed by atoms with Crippen molar-refractivity contribution in [1.82, 2.24) is 20.1 Å². The van der Waals surface area contributed by atoms with E-state index in [1.165, 1.54) is 6.20 Å². The zero-order chi connectivity index (χ0) is 23.4. The van der Waals surface area contributed by atoms with E-state index in [1.807, 2.05) is 19.1 Å². The van der Waals surface area contributed by atoms with Crippen LogP contribution < -0.4 is 15.5 Å². The van der Waals surface area contributed by atoms with Gasteiger partial charge in [0.1, 0.15) is 5.82 Å². The number of amides is 3. The molecule has 33 heavy (non-hydrogen) atoms. The van der Waals surface area contributed by atoms with Gasteiger partial charge in [-0.25, -0.2) is 4.98 Å². The van der Waals surface area contributed by atoms with E-state index >= 15 is 0 Å². The van der Waals surface area contributed by atoms with Gasteiger partial charge in [-0.2, -0.15) is 0 Å². The van der Waals surface area contributed by atoms with E-state index in [0.717, 1.165) is 11.4 Å². The number of nitrogens with one attached hydrogen (secondary N) is 2. The molecule has 11 nitrogen and oxygen atoms in total. The highest BCUT2D eigenvalue weighted by atomic mass is 16.4. The second-order valence-electron chi connectivity index (χ2n) is 7.58. The van der Waals surface area contributed by atoms with Gasteiger partial charge in [-0.05, 0) is 31.2 Å². The summed E-state index contributed by atoms with van der Waals surface area (Å²) in [5.41, 5.74) is 1.91. The van der Waals surface area contributed by atoms with Gasteiger partial charge in [-0.3, -0.25) is 19.7 Å². The number of benzene rings is 1. The van der Waals surface area contributed by atoms with Crippen LogP contribution in [0.25, 0.3) is 0 Å². The van der Waals surface area contributed by atoms with Gasteiger partial charge in [0.2, 0.25) is 5.91 Å². The lowest BCUT2D eigenvalue weighted by Gasteiger charge is -2.34. The third-order valence-electron chi connectivity index (χ3n) is 5.21. The number of piperazine rings is 1. The highest BCUT2D eigenvalue weighted by Gasteiger charge is 2.20. The van der Waals surface area contributed by atoms with E-state index in [-0.39, 0.29) is 17.8 Å². The Morgan fingerprint density at radius 2 is 1.64 bits per heavy atom. The molecule has 1 saturated heterocycles. The number of aryl methyl sites for hydroxylation is 1. The van der Waals surface area contributed by atoms with Gasteiger partial charge in [0, 0.05) is 38.7 Å². The van der Waals surface area contributed by atoms with Crippen LogP contribution in [0.1, 0.15) is 33.5 Å². The molecule has 2 aromatic heterocycles. The molecule has 0 atom stereocenters. The number of hydrogen-bond donors (Lipinski definition) is 2. The molecule has 0 spiro atoms. The maximum Gasteiger partial charge on any atom is 0.322 e. The number of pyridine rings is 1. The van der Waals surface area contributed by atoms with Gasteiger partial charge in [-0.15, -0.1) is 5.10 Å². The Morgan fingerprint density at radius 3 is 2.27 bits per heavy atom. The number of nitrogens with zero attached hydrogens (tertiary/aromatic N) is 5. The lowest BCUT2D eigenvalue weighted by molar-refractivity contribution is -0.129. The second-order valence-corrected chi connectivity index (χ2v) is 7.58. The first-order valence-corrected chi connectivity index (χ1v) is 10.4. The predicted molar refractivity (Wildman–Crippen MR) is 120 cm³/mol. The lowest BCUT2D eigenvalue weighted by Crippen LogP contribution is -2.48. The summed E-state index contributed by atoms with van der Waals surface area (Å²) in [6.07, 6.45) is 1.53. The highest BCUT2D eigenvalue weighted by molar-refractivity contribution is 6.04. The summed E-state index contributed by atoms with van der Waals surface area (Å²) in [4.78, 5) is 44.4. The summed E-state index contributed by atoms with van der Waals surface area (Å²) >= 11 is 0. The zero-order valence-corrected chi connectivity index (χ0v) is 18.2. The second kappa shape index (κ2) is 9.47. The molecule has 4 rings (SSSR count). The molecule has 3 heterocycles. The molecular weight excluding hydrogens is 426 g/mol. The minimum absolute atomic E-state index is 0.0690. The molecule has 0 radical (unpaired) electrons. The van der Waals surface area contributed by atoms with Crippen LogP contribution in [-0.4, -0.2) is 64.0 Å². The maximum absolute atomic E-state index is 12.4. The highest BCUT2D eigenvalue weighted by Crippen LogP contribution is 2.17. The van der Waals surface area contributed by atoms with Gasteiger partial charge >= 0.3 is 17.8 Å². The number of rotatable bonds is 5. The van der Waals surface area contributed by atoms with Crippen molar-refractivity contribution in [3.05, 3.63) is 59.6 Å². The van der Waals surface area contributed by atoms with E-state index in [4.69, 9.17) is 4.42 Å². The third kappa shape index (κ3) is 5.32. The average Bonchev–Trinajstić information content (AvgIpc) is 3.29. The van der Waals surface area contributed by atoms with Crippen molar-refractivity contribution in [2.24, 2.45) is 0 Å². The van der Waals surface area contributed by atoms with Crippen molar-refractivity contribution in [3.63, 3.8) is 0 Å². The molecule has 0 aliphatic carbocycles. The van der Waals surface area contributed by atoms with Gasteiger partial charge < -0.3 is 19.5 Å². The molecule has 3 aromatic rings. The summed E-state index contributed by atoms with van der Waals surface area (Å²) < 4.78 is 5.25. The SMILES string of the molecule is CC(=O)N1CCN(c2ccc(NC(=O)c3nnc(NC(=O)c4ccc(C)cc4)o3)cn2)CC1. The molecule has 170 valence electrons. The van der Waals surface area contributed by atoms with Gasteiger partial charge in [0.05, 0.1) is 11.9 Å². The molecule has 1 fully saturated rings. The smallest absolute Gasteiger partial charge is 0.322 e. The fraction of sp³-hybridized carbons (Fsp3) is 0.273. The first kappa shape index (κ1) is 21.9. The molecule has 2 N–H and O–H groups in total. The lowest BCUT2D eigenvalue weighted by atomic mass is 10.1. The number of anilines is 3. The Balaban J connectivity index is 1.32. The van der Waals surface area contributed by atoms with Gasteiger partial charge in [0.25, 0.3) is 5.91 Å². The Bertz CT molecular complexity index is 1150. The van der Waals surface area contributed by atoms with E-state index in [9.17, 15) is 14.4 Å². The van der Waals surface area contributed by atoms with Crippen molar-refractivity contribution in [3.8, 4) is 0 Å². The molecule has 0 saturated carbocycles. The van der Waals surface area contributed by atoms with E-state index in [1.54, 1.807) is 36.1 Å². The minimum atomic E-state index is -0.622. The average molecular weight is 449 g/mol. The van der Waals surface area contributed by atoms with Crippen LogP contribution in [0.4, 0.5) is 17.5 Å². The zero-order valence-electron chi connectivity index (χ0n) is 18.2. The largest absolute Gasteiger partial charge is 0.399 e. The molecule has 3 amide bonds. The van der Waals surface area contributed by atoms with Crippen LogP contribution in [0.15, 0.2) is 47.0 Å². The van der Waals surface area contributed by atoms with Crippen molar-refractivity contribution in [1.29, 1.82) is 0 Å². The Hall–Kier alpha value is -4.28. The number of hydrogen-bond acceptors (Lipinski definition) is 8. The van der Waals surface area contributed by atoms with Crippen LogP contribution in [-0.2, 0) is 4.79 Å². The van der Waals surface area contributed by atoms with Crippen LogP contribution in [0, 0.1) is 6.92 Å². The number of carbonyl (C=O) groups is 3. The number of aromatic nitrogens is 3. The monoisotopic (exact) mass is 449 g/mol. The van der Waals surface area contributed by atoms with Crippen LogP contribution in [0.5, 0.6) is 0 Å². The van der Waals surface area contributed by atoms with Crippen molar-refractivity contribution >= 4 is 35.2 Å². The topological polar surface area (TPSA) is 134 Å². The van der Waals surface area contributed by atoms with E-state index in [0.29, 0.717) is 37.4 Å².